The van der Waals surface area contributed by atoms with Crippen molar-refractivity contribution in [3.05, 3.63) is 34.4 Å². The number of carbonyl (C=O) groups excluding carboxylic acids is 1. The molecule has 6 heteroatoms. The first kappa shape index (κ1) is 14.9. The number of nitrogens with one attached hydrogen (secondary N) is 2. The van der Waals surface area contributed by atoms with Gasteiger partial charge < -0.3 is 10.6 Å². The third-order valence-corrected chi connectivity index (χ3v) is 2.25. The summed E-state index contributed by atoms with van der Waals surface area (Å²) < 4.78 is 0. The van der Waals surface area contributed by atoms with E-state index in [1.54, 1.807) is 12.1 Å². The van der Waals surface area contributed by atoms with Crippen LogP contribution in [0.2, 0.25) is 0 Å². The lowest BCUT2D eigenvalue weighted by molar-refractivity contribution is -0.384. The van der Waals surface area contributed by atoms with Crippen LogP contribution >= 0.6 is 0 Å². The zero-order chi connectivity index (χ0) is 14.5. The van der Waals surface area contributed by atoms with Crippen LogP contribution in [0, 0.1) is 10.1 Å². The average Bonchev–Trinajstić information content (AvgIpc) is 2.27. The van der Waals surface area contributed by atoms with Crippen molar-refractivity contribution >= 4 is 17.3 Å². The number of non-ortho nitro benzene ring substituents is 1. The number of rotatable bonds is 5. The molecule has 0 heterocycles. The monoisotopic (exact) mass is 265 g/mol. The fourth-order valence-electron chi connectivity index (χ4n) is 1.53. The summed E-state index contributed by atoms with van der Waals surface area (Å²) in [4.78, 5) is 21.7. The number of nitro benzene ring substituents is 1. The highest BCUT2D eigenvalue weighted by Crippen LogP contribution is 2.16. The Balaban J connectivity index is 2.43. The summed E-state index contributed by atoms with van der Waals surface area (Å²) in [5, 5.41) is 16.4. The number of amides is 1. The molecule has 0 aliphatic rings. The molecule has 0 fully saturated rings. The minimum Gasteiger partial charge on any atom is -0.384 e. The molecule has 0 aliphatic carbocycles. The zero-order valence-corrected chi connectivity index (χ0v) is 11.4. The summed E-state index contributed by atoms with van der Waals surface area (Å²) in [6.07, 6.45) is 0.319. The Kier molecular flexibility index (Phi) is 4.86. The minimum absolute atomic E-state index is 0.0316. The largest absolute Gasteiger partial charge is 0.384 e. The minimum atomic E-state index is -0.447. The van der Waals surface area contributed by atoms with Crippen molar-refractivity contribution in [2.75, 3.05) is 11.9 Å². The van der Waals surface area contributed by atoms with Crippen LogP contribution in [0.15, 0.2) is 24.3 Å². The van der Waals surface area contributed by atoms with Gasteiger partial charge in [-0.2, -0.15) is 0 Å². The molecular weight excluding hydrogens is 246 g/mol. The summed E-state index contributed by atoms with van der Waals surface area (Å²) in [5.41, 5.74) is 0.421. The molecule has 1 aromatic rings. The third-order valence-electron chi connectivity index (χ3n) is 2.25. The number of benzene rings is 1. The number of hydrogen-bond donors (Lipinski definition) is 2. The Morgan fingerprint density at radius 1 is 1.37 bits per heavy atom. The molecule has 0 bridgehead atoms. The van der Waals surface area contributed by atoms with Crippen LogP contribution in [0.3, 0.4) is 0 Å². The highest BCUT2D eigenvalue weighted by atomic mass is 16.6. The van der Waals surface area contributed by atoms with Gasteiger partial charge in [-0.3, -0.25) is 14.9 Å². The molecule has 1 aromatic carbocycles. The van der Waals surface area contributed by atoms with Crippen molar-refractivity contribution in [2.45, 2.75) is 32.7 Å². The van der Waals surface area contributed by atoms with E-state index in [2.05, 4.69) is 10.6 Å². The second kappa shape index (κ2) is 6.17. The van der Waals surface area contributed by atoms with E-state index in [9.17, 15) is 14.9 Å². The number of carbonyl (C=O) groups is 1. The van der Waals surface area contributed by atoms with Crippen molar-refractivity contribution in [1.29, 1.82) is 0 Å². The van der Waals surface area contributed by atoms with Crippen molar-refractivity contribution in [1.82, 2.24) is 5.32 Å². The Bertz CT molecular complexity index is 466. The molecule has 0 saturated heterocycles. The molecule has 0 radical (unpaired) electrons. The smallest absolute Gasteiger partial charge is 0.271 e. The Morgan fingerprint density at radius 3 is 2.63 bits per heavy atom. The van der Waals surface area contributed by atoms with Gasteiger partial charge >= 0.3 is 0 Å². The molecule has 0 spiro atoms. The number of nitro groups is 1. The van der Waals surface area contributed by atoms with Crippen LogP contribution < -0.4 is 10.6 Å². The first-order valence-electron chi connectivity index (χ1n) is 6.07. The lowest BCUT2D eigenvalue weighted by Crippen LogP contribution is -2.41. The zero-order valence-electron chi connectivity index (χ0n) is 11.4. The third kappa shape index (κ3) is 5.85. The summed E-state index contributed by atoms with van der Waals surface area (Å²) in [6.45, 7) is 6.18. The molecule has 0 unspecified atom stereocenters. The standard InChI is InChI=1S/C13H19N3O3/c1-13(2,3)15-12(17)7-8-14-10-5-4-6-11(9-10)16(18)19/h4-6,9,14H,7-8H2,1-3H3,(H,15,17). The quantitative estimate of drug-likeness (QED) is 0.632. The molecule has 0 aliphatic heterocycles. The predicted octanol–water partition coefficient (Wildman–Crippen LogP) is 2.31. The molecule has 104 valence electrons. The second-order valence-corrected chi connectivity index (χ2v) is 5.28. The van der Waals surface area contributed by atoms with E-state index in [1.165, 1.54) is 12.1 Å². The van der Waals surface area contributed by atoms with E-state index in [0.717, 1.165) is 0 Å². The van der Waals surface area contributed by atoms with E-state index in [1.807, 2.05) is 20.8 Å². The van der Waals surface area contributed by atoms with Gasteiger partial charge in [-0.25, -0.2) is 0 Å². The van der Waals surface area contributed by atoms with Gasteiger partial charge in [0.2, 0.25) is 5.91 Å². The van der Waals surface area contributed by atoms with Crippen LogP contribution in [-0.2, 0) is 4.79 Å². The summed E-state index contributed by atoms with van der Waals surface area (Å²) >= 11 is 0. The highest BCUT2D eigenvalue weighted by molar-refractivity contribution is 5.77. The van der Waals surface area contributed by atoms with E-state index < -0.39 is 4.92 Å². The first-order chi connectivity index (χ1) is 8.78. The normalized spacial score (nSPS) is 10.9. The van der Waals surface area contributed by atoms with Gasteiger partial charge in [-0.1, -0.05) is 6.07 Å². The summed E-state index contributed by atoms with van der Waals surface area (Å²) in [5.74, 6) is -0.0505. The van der Waals surface area contributed by atoms with E-state index in [4.69, 9.17) is 0 Å². The van der Waals surface area contributed by atoms with Gasteiger partial charge in [-0.15, -0.1) is 0 Å². The molecule has 19 heavy (non-hydrogen) atoms. The molecule has 0 atom stereocenters. The molecule has 0 saturated carbocycles. The maximum Gasteiger partial charge on any atom is 0.271 e. The Hall–Kier alpha value is -2.11. The Morgan fingerprint density at radius 2 is 2.05 bits per heavy atom. The fraction of sp³-hybridized carbons (Fsp3) is 0.462. The molecule has 0 aromatic heterocycles. The fourth-order valence-corrected chi connectivity index (χ4v) is 1.53. The maximum atomic E-state index is 11.6. The number of hydrogen-bond acceptors (Lipinski definition) is 4. The van der Waals surface area contributed by atoms with Crippen molar-refractivity contribution in [3.8, 4) is 0 Å². The van der Waals surface area contributed by atoms with Gasteiger partial charge in [-0.05, 0) is 26.8 Å². The highest BCUT2D eigenvalue weighted by Gasteiger charge is 2.13. The van der Waals surface area contributed by atoms with E-state index in [0.29, 0.717) is 18.7 Å². The van der Waals surface area contributed by atoms with Gasteiger partial charge in [0.25, 0.3) is 5.69 Å². The maximum absolute atomic E-state index is 11.6. The SMILES string of the molecule is CC(C)(C)NC(=O)CCNc1cccc([N+](=O)[O-])c1. The number of nitrogens with zero attached hydrogens (tertiary/aromatic N) is 1. The average molecular weight is 265 g/mol. The topological polar surface area (TPSA) is 84.3 Å². The van der Waals surface area contributed by atoms with Crippen LogP contribution in [-0.4, -0.2) is 22.9 Å². The summed E-state index contributed by atoms with van der Waals surface area (Å²) in [6, 6.07) is 6.21. The molecule has 1 amide bonds. The van der Waals surface area contributed by atoms with Crippen LogP contribution in [0.25, 0.3) is 0 Å². The molecular formula is C13H19N3O3. The van der Waals surface area contributed by atoms with Gasteiger partial charge in [0, 0.05) is 36.3 Å². The molecule has 6 nitrogen and oxygen atoms in total. The van der Waals surface area contributed by atoms with Gasteiger partial charge in [0.15, 0.2) is 0 Å². The van der Waals surface area contributed by atoms with E-state index in [-0.39, 0.29) is 17.1 Å². The lowest BCUT2D eigenvalue weighted by Gasteiger charge is -2.20. The van der Waals surface area contributed by atoms with Crippen LogP contribution in [0.4, 0.5) is 11.4 Å². The molecule has 1 rings (SSSR count). The van der Waals surface area contributed by atoms with Gasteiger partial charge in [0.1, 0.15) is 0 Å². The Labute approximate surface area is 112 Å². The van der Waals surface area contributed by atoms with Gasteiger partial charge in [0.05, 0.1) is 4.92 Å². The number of anilines is 1. The second-order valence-electron chi connectivity index (χ2n) is 5.28. The van der Waals surface area contributed by atoms with Crippen molar-refractivity contribution in [3.63, 3.8) is 0 Å². The lowest BCUT2D eigenvalue weighted by atomic mass is 10.1. The van der Waals surface area contributed by atoms with Crippen molar-refractivity contribution in [2.24, 2.45) is 0 Å². The first-order valence-corrected chi connectivity index (χ1v) is 6.07. The van der Waals surface area contributed by atoms with Crippen molar-refractivity contribution < 1.29 is 9.72 Å². The predicted molar refractivity (Wildman–Crippen MR) is 74.1 cm³/mol. The van der Waals surface area contributed by atoms with E-state index >= 15 is 0 Å². The van der Waals surface area contributed by atoms with Crippen LogP contribution in [0.1, 0.15) is 27.2 Å². The summed E-state index contributed by atoms with van der Waals surface area (Å²) in [7, 11) is 0. The molecule has 2 N–H and O–H groups in total. The van der Waals surface area contributed by atoms with Crippen LogP contribution in [0.5, 0.6) is 0 Å².